The number of carboxylic acid groups (broad SMARTS) is 1. The molecular weight excluding hydrogens is 405 g/mol. The molecule has 4 rings (SSSR count). The van der Waals surface area contributed by atoms with Crippen LogP contribution in [-0.2, 0) is 9.53 Å². The Balaban J connectivity index is 2.01. The molecule has 1 fully saturated rings. The fraction of sp³-hybridized carbons (Fsp3) is 0.370. The van der Waals surface area contributed by atoms with Crippen molar-refractivity contribution in [2.75, 3.05) is 18.0 Å². The zero-order chi connectivity index (χ0) is 23.0. The van der Waals surface area contributed by atoms with Crippen LogP contribution in [0.5, 0.6) is 0 Å². The number of hydrogen-bond donors (Lipinski definition) is 1. The van der Waals surface area contributed by atoms with Crippen molar-refractivity contribution in [1.82, 2.24) is 0 Å². The second-order valence-electron chi connectivity index (χ2n) is 9.54. The summed E-state index contributed by atoms with van der Waals surface area (Å²) in [5.41, 5.74) is 2.94. The average molecular weight is 436 g/mol. The lowest BCUT2D eigenvalue weighted by Crippen LogP contribution is -2.28. The maximum atomic E-state index is 14.9. The standard InChI is InChI=1S/C27H30FNO3/c1-17-13-18-9-5-6-10-22(18)24(23(17)25(26(30)31)32-27(2,3)4)19-14-20(28)16-21(15-19)29-11-7-8-12-29/h5-6,9-10,13-16,25H,7-8,11-12H2,1-4H3,(H,30,31). The van der Waals surface area contributed by atoms with Gasteiger partial charge < -0.3 is 14.7 Å². The Hall–Kier alpha value is -2.92. The van der Waals surface area contributed by atoms with Crippen LogP contribution in [0, 0.1) is 12.7 Å². The Labute approximate surface area is 188 Å². The quantitative estimate of drug-likeness (QED) is 0.497. The van der Waals surface area contributed by atoms with Gasteiger partial charge in [-0.3, -0.25) is 0 Å². The van der Waals surface area contributed by atoms with Crippen molar-refractivity contribution in [2.45, 2.75) is 52.2 Å². The Bertz CT molecular complexity index is 1160. The number of nitrogens with zero attached hydrogens (tertiary/aromatic N) is 1. The Morgan fingerprint density at radius 2 is 1.78 bits per heavy atom. The highest BCUT2D eigenvalue weighted by atomic mass is 19.1. The molecule has 5 heteroatoms. The van der Waals surface area contributed by atoms with Gasteiger partial charge in [-0.15, -0.1) is 0 Å². The van der Waals surface area contributed by atoms with Gasteiger partial charge in [-0.25, -0.2) is 9.18 Å². The first-order valence-corrected chi connectivity index (χ1v) is 11.1. The molecule has 0 spiro atoms. The van der Waals surface area contributed by atoms with Crippen molar-refractivity contribution in [3.8, 4) is 11.1 Å². The summed E-state index contributed by atoms with van der Waals surface area (Å²) in [5, 5.41) is 12.0. The van der Waals surface area contributed by atoms with E-state index >= 15 is 0 Å². The molecule has 3 aromatic rings. The first-order chi connectivity index (χ1) is 15.1. The zero-order valence-corrected chi connectivity index (χ0v) is 19.1. The number of fused-ring (bicyclic) bond motifs is 1. The van der Waals surface area contributed by atoms with Crippen LogP contribution in [0.3, 0.4) is 0 Å². The lowest BCUT2D eigenvalue weighted by Gasteiger charge is -2.29. The lowest BCUT2D eigenvalue weighted by atomic mass is 9.87. The molecule has 0 bridgehead atoms. The minimum Gasteiger partial charge on any atom is -0.479 e. The Morgan fingerprint density at radius 3 is 2.44 bits per heavy atom. The van der Waals surface area contributed by atoms with E-state index in [1.165, 1.54) is 6.07 Å². The van der Waals surface area contributed by atoms with E-state index in [9.17, 15) is 14.3 Å². The molecule has 1 heterocycles. The van der Waals surface area contributed by atoms with E-state index in [0.29, 0.717) is 11.1 Å². The summed E-state index contributed by atoms with van der Waals surface area (Å²) in [6.07, 6.45) is 1.00. The van der Waals surface area contributed by atoms with E-state index in [1.807, 2.05) is 64.1 Å². The number of aliphatic carboxylic acids is 1. The molecule has 1 N–H and O–H groups in total. The third-order valence-electron chi connectivity index (χ3n) is 5.90. The van der Waals surface area contributed by atoms with Crippen LogP contribution in [0.25, 0.3) is 21.9 Å². The molecule has 1 aliphatic rings. The van der Waals surface area contributed by atoms with Gasteiger partial charge in [0, 0.05) is 24.3 Å². The number of rotatable bonds is 5. The van der Waals surface area contributed by atoms with E-state index in [4.69, 9.17) is 4.74 Å². The fourth-order valence-electron chi connectivity index (χ4n) is 4.62. The summed E-state index contributed by atoms with van der Waals surface area (Å²) in [6.45, 7) is 9.21. The summed E-state index contributed by atoms with van der Waals surface area (Å²) in [5.74, 6) is -1.39. The normalized spacial score (nSPS) is 15.3. The molecule has 4 nitrogen and oxygen atoms in total. The number of carboxylic acids is 1. The van der Waals surface area contributed by atoms with Crippen LogP contribution in [0.1, 0.15) is 50.8 Å². The molecule has 0 radical (unpaired) electrons. The van der Waals surface area contributed by atoms with Crippen molar-refractivity contribution in [3.05, 3.63) is 65.5 Å². The van der Waals surface area contributed by atoms with Crippen LogP contribution in [0.15, 0.2) is 48.5 Å². The topological polar surface area (TPSA) is 49.8 Å². The molecule has 1 atom stereocenters. The van der Waals surface area contributed by atoms with Gasteiger partial charge in [0.2, 0.25) is 0 Å². The first-order valence-electron chi connectivity index (χ1n) is 11.1. The highest BCUT2D eigenvalue weighted by molar-refractivity contribution is 6.01. The van der Waals surface area contributed by atoms with Gasteiger partial charge in [0.05, 0.1) is 5.60 Å². The van der Waals surface area contributed by atoms with Gasteiger partial charge in [-0.2, -0.15) is 0 Å². The van der Waals surface area contributed by atoms with Gasteiger partial charge >= 0.3 is 5.97 Å². The Kier molecular flexibility index (Phi) is 5.95. The van der Waals surface area contributed by atoms with E-state index in [1.54, 1.807) is 6.07 Å². The molecule has 0 aliphatic carbocycles. The number of ether oxygens (including phenoxy) is 1. The molecule has 0 aromatic heterocycles. The van der Waals surface area contributed by atoms with Crippen LogP contribution in [0.4, 0.5) is 10.1 Å². The smallest absolute Gasteiger partial charge is 0.337 e. The summed E-state index contributed by atoms with van der Waals surface area (Å²) in [7, 11) is 0. The maximum Gasteiger partial charge on any atom is 0.337 e. The summed E-state index contributed by atoms with van der Waals surface area (Å²) < 4.78 is 20.9. The van der Waals surface area contributed by atoms with Crippen LogP contribution in [-0.4, -0.2) is 29.8 Å². The van der Waals surface area contributed by atoms with Gasteiger partial charge in [-0.1, -0.05) is 30.3 Å². The van der Waals surface area contributed by atoms with E-state index in [0.717, 1.165) is 53.5 Å². The SMILES string of the molecule is Cc1cc2ccccc2c(-c2cc(F)cc(N3CCCC3)c2)c1C(OC(C)(C)C)C(=O)O. The predicted molar refractivity (Wildman–Crippen MR) is 127 cm³/mol. The number of hydrogen-bond acceptors (Lipinski definition) is 3. The molecule has 1 aliphatic heterocycles. The van der Waals surface area contributed by atoms with Crippen molar-refractivity contribution in [1.29, 1.82) is 0 Å². The van der Waals surface area contributed by atoms with Crippen LogP contribution in [0.2, 0.25) is 0 Å². The van der Waals surface area contributed by atoms with E-state index in [-0.39, 0.29) is 5.82 Å². The Morgan fingerprint density at radius 1 is 1.09 bits per heavy atom. The first kappa shape index (κ1) is 22.3. The summed E-state index contributed by atoms with van der Waals surface area (Å²) in [4.78, 5) is 14.6. The molecule has 1 unspecified atom stereocenters. The van der Waals surface area contributed by atoms with Gasteiger partial charge in [0.1, 0.15) is 5.82 Å². The minimum absolute atomic E-state index is 0.329. The van der Waals surface area contributed by atoms with Crippen molar-refractivity contribution < 1.29 is 19.0 Å². The molecule has 0 saturated carbocycles. The maximum absolute atomic E-state index is 14.9. The molecular formula is C27H30FNO3. The third-order valence-corrected chi connectivity index (χ3v) is 5.90. The molecule has 1 saturated heterocycles. The van der Waals surface area contributed by atoms with E-state index in [2.05, 4.69) is 4.90 Å². The third kappa shape index (κ3) is 4.49. The summed E-state index contributed by atoms with van der Waals surface area (Å²) >= 11 is 0. The number of benzene rings is 3. The van der Waals surface area contributed by atoms with Crippen LogP contribution < -0.4 is 4.90 Å². The molecule has 0 amide bonds. The molecule has 168 valence electrons. The van der Waals surface area contributed by atoms with Crippen LogP contribution >= 0.6 is 0 Å². The van der Waals surface area contributed by atoms with Crippen molar-refractivity contribution in [3.63, 3.8) is 0 Å². The predicted octanol–water partition coefficient (Wildman–Crippen LogP) is 6.50. The minimum atomic E-state index is -1.17. The van der Waals surface area contributed by atoms with Gasteiger partial charge in [0.15, 0.2) is 6.10 Å². The average Bonchev–Trinajstić information content (AvgIpc) is 3.25. The number of aryl methyl sites for hydroxylation is 1. The number of anilines is 1. The fourth-order valence-corrected chi connectivity index (χ4v) is 4.62. The zero-order valence-electron chi connectivity index (χ0n) is 19.1. The summed E-state index contributed by atoms with van der Waals surface area (Å²) in [6, 6.07) is 14.9. The second-order valence-corrected chi connectivity index (χ2v) is 9.54. The van der Waals surface area contributed by atoms with Gasteiger partial charge in [0.25, 0.3) is 0 Å². The lowest BCUT2D eigenvalue weighted by molar-refractivity contribution is -0.160. The largest absolute Gasteiger partial charge is 0.479 e. The molecule has 3 aromatic carbocycles. The number of carbonyl (C=O) groups is 1. The van der Waals surface area contributed by atoms with E-state index < -0.39 is 17.7 Å². The monoisotopic (exact) mass is 435 g/mol. The number of halogens is 1. The van der Waals surface area contributed by atoms with Crippen molar-refractivity contribution in [2.24, 2.45) is 0 Å². The highest BCUT2D eigenvalue weighted by Crippen LogP contribution is 2.41. The van der Waals surface area contributed by atoms with Gasteiger partial charge in [-0.05, 0) is 86.2 Å². The molecule has 32 heavy (non-hydrogen) atoms. The second kappa shape index (κ2) is 8.55. The highest BCUT2D eigenvalue weighted by Gasteiger charge is 2.31. The van der Waals surface area contributed by atoms with Crippen molar-refractivity contribution >= 4 is 22.4 Å².